The van der Waals surface area contributed by atoms with Crippen LogP contribution in [0.4, 0.5) is 0 Å². The molecule has 5 rings (SSSR count). The topological polar surface area (TPSA) is 55.4 Å². The van der Waals surface area contributed by atoms with E-state index in [9.17, 15) is 0 Å². The van der Waals surface area contributed by atoms with E-state index in [4.69, 9.17) is 40.6 Å². The van der Waals surface area contributed by atoms with Crippen LogP contribution in [0.1, 0.15) is 108 Å². The van der Waals surface area contributed by atoms with Gasteiger partial charge in [-0.2, -0.15) is 0 Å². The second-order valence-electron chi connectivity index (χ2n) is 12.8. The largest absolute Gasteiger partial charge is 0.490 e. The maximum atomic E-state index is 6.77. The molecule has 0 saturated carbocycles. The van der Waals surface area contributed by atoms with Gasteiger partial charge in [-0.15, -0.1) is 0 Å². The van der Waals surface area contributed by atoms with Crippen molar-refractivity contribution in [2.45, 2.75) is 97.8 Å². The molecule has 1 aliphatic heterocycles. The molecule has 0 unspecified atom stereocenters. The average Bonchev–Trinajstić information content (AvgIpc) is 3.39. The molecule has 2 atom stereocenters. The molecule has 0 saturated heterocycles. The van der Waals surface area contributed by atoms with E-state index >= 15 is 0 Å². The average molecular weight is 661 g/mol. The third-order valence-electron chi connectivity index (χ3n) is 9.07. The molecule has 254 valence electrons. The van der Waals surface area contributed by atoms with E-state index in [1.165, 1.54) is 11.1 Å². The van der Waals surface area contributed by atoms with Gasteiger partial charge in [-0.1, -0.05) is 77.6 Å². The van der Waals surface area contributed by atoms with Gasteiger partial charge in [0.15, 0.2) is 28.0 Å². The number of ether oxygens (including phenoxy) is 6. The Hall–Kier alpha value is -3.45. The van der Waals surface area contributed by atoms with Gasteiger partial charge in [0, 0.05) is 23.3 Å². The lowest BCUT2D eigenvalue weighted by Crippen LogP contribution is -2.40. The van der Waals surface area contributed by atoms with Crippen molar-refractivity contribution in [1.29, 1.82) is 0 Å². The van der Waals surface area contributed by atoms with Gasteiger partial charge < -0.3 is 28.4 Å². The lowest BCUT2D eigenvalue weighted by molar-refractivity contribution is 0.108. The maximum absolute atomic E-state index is 6.77. The fraction of sp³-hybridized carbons (Fsp3) is 0.525. The first-order valence-electron chi connectivity index (χ1n) is 17.8. The van der Waals surface area contributed by atoms with Crippen LogP contribution in [-0.2, 0) is 6.42 Å². The number of benzene rings is 3. The van der Waals surface area contributed by atoms with Crippen LogP contribution in [0.25, 0.3) is 0 Å². The number of fused-ring (bicyclic) bond motifs is 5. The number of thiocarbonyl (C=S) groups is 1. The summed E-state index contributed by atoms with van der Waals surface area (Å²) in [5.74, 6) is 4.58. The van der Waals surface area contributed by atoms with E-state index in [-0.39, 0.29) is 11.3 Å². The Morgan fingerprint density at radius 2 is 1.32 bits per heavy atom. The lowest BCUT2D eigenvalue weighted by atomic mass is 9.69. The minimum atomic E-state index is -0.352. The van der Waals surface area contributed by atoms with Crippen LogP contribution in [0.2, 0.25) is 0 Å². The predicted molar refractivity (Wildman–Crippen MR) is 192 cm³/mol. The molecule has 0 aromatic heterocycles. The van der Waals surface area contributed by atoms with E-state index in [1.807, 2.05) is 30.3 Å². The second kappa shape index (κ2) is 17.1. The maximum Gasteiger partial charge on any atom is 0.203 e. The van der Waals surface area contributed by atoms with Gasteiger partial charge in [0.25, 0.3) is 0 Å². The second-order valence-corrected chi connectivity index (χ2v) is 13.3. The van der Waals surface area contributed by atoms with E-state index in [0.29, 0.717) is 50.3 Å². The Kier molecular flexibility index (Phi) is 12.7. The summed E-state index contributed by atoms with van der Waals surface area (Å²) >= 11 is 5.94. The molecule has 2 aliphatic rings. The SMILES string of the molecule is CCCCOc1cc2c(cc1OCCCC)[C@@H]1c3ccc(OCCCC)c(OCCCC)c3OC[C@]1(CC(=S)Oc1ccccc1)C2. The van der Waals surface area contributed by atoms with Crippen molar-refractivity contribution < 1.29 is 28.4 Å². The highest BCUT2D eigenvalue weighted by Gasteiger charge is 2.53. The molecular weight excluding hydrogens is 609 g/mol. The van der Waals surface area contributed by atoms with Crippen LogP contribution in [-0.4, -0.2) is 38.1 Å². The Morgan fingerprint density at radius 3 is 1.96 bits per heavy atom. The summed E-state index contributed by atoms with van der Waals surface area (Å²) in [6.45, 7) is 11.7. The van der Waals surface area contributed by atoms with Crippen LogP contribution >= 0.6 is 12.2 Å². The van der Waals surface area contributed by atoms with Gasteiger partial charge in [0.1, 0.15) is 5.75 Å². The summed E-state index contributed by atoms with van der Waals surface area (Å²) < 4.78 is 38.5. The molecule has 1 heterocycles. The minimum Gasteiger partial charge on any atom is -0.490 e. The Bertz CT molecular complexity index is 1460. The molecule has 0 N–H and O–H groups in total. The highest BCUT2D eigenvalue weighted by molar-refractivity contribution is 7.80. The van der Waals surface area contributed by atoms with Crippen LogP contribution in [0.15, 0.2) is 54.6 Å². The molecule has 7 heteroatoms. The van der Waals surface area contributed by atoms with Crippen molar-refractivity contribution >= 4 is 17.3 Å². The summed E-state index contributed by atoms with van der Waals surface area (Å²) in [4.78, 5) is 0. The molecule has 0 bridgehead atoms. The summed E-state index contributed by atoms with van der Waals surface area (Å²) in [5, 5.41) is 0.554. The number of para-hydroxylation sites is 1. The highest BCUT2D eigenvalue weighted by atomic mass is 32.1. The molecule has 47 heavy (non-hydrogen) atoms. The zero-order chi connectivity index (χ0) is 33.1. The number of rotatable bonds is 19. The van der Waals surface area contributed by atoms with Crippen molar-refractivity contribution in [3.05, 3.63) is 71.3 Å². The van der Waals surface area contributed by atoms with Gasteiger partial charge >= 0.3 is 0 Å². The standard InChI is InChI=1S/C40H52O6S/c1-5-9-20-41-33-19-18-31-37-32-25-35(43-22-11-7-3)34(42-21-10-6-2)24-29(32)26-40(37,27-36(47)46-30-16-14-13-15-17-30)28-45-38(31)39(33)44-23-12-8-4/h13-19,24-25,37H,5-12,20-23,26-28H2,1-4H3/t37-,40+/m0/s1. The summed E-state index contributed by atoms with van der Waals surface area (Å²) in [7, 11) is 0. The molecular formula is C40H52O6S. The Morgan fingerprint density at radius 1 is 0.723 bits per heavy atom. The van der Waals surface area contributed by atoms with Crippen LogP contribution in [0, 0.1) is 5.41 Å². The van der Waals surface area contributed by atoms with E-state index in [0.717, 1.165) is 92.1 Å². The Balaban J connectivity index is 1.58. The molecule has 3 aromatic carbocycles. The molecule has 0 radical (unpaired) electrons. The van der Waals surface area contributed by atoms with Crippen molar-refractivity contribution in [3.8, 4) is 34.5 Å². The molecule has 0 fully saturated rings. The van der Waals surface area contributed by atoms with Gasteiger partial charge in [-0.25, -0.2) is 0 Å². The summed E-state index contributed by atoms with van der Waals surface area (Å²) in [5.41, 5.74) is 3.20. The van der Waals surface area contributed by atoms with E-state index < -0.39 is 0 Å². The van der Waals surface area contributed by atoms with Crippen molar-refractivity contribution in [1.82, 2.24) is 0 Å². The quantitative estimate of drug-likeness (QED) is 0.0937. The van der Waals surface area contributed by atoms with Crippen molar-refractivity contribution in [2.75, 3.05) is 33.0 Å². The van der Waals surface area contributed by atoms with Crippen molar-refractivity contribution in [2.24, 2.45) is 5.41 Å². The van der Waals surface area contributed by atoms with E-state index in [1.54, 1.807) is 0 Å². The number of hydrogen-bond acceptors (Lipinski definition) is 7. The molecule has 6 nitrogen and oxygen atoms in total. The predicted octanol–water partition coefficient (Wildman–Crippen LogP) is 10.3. The summed E-state index contributed by atoms with van der Waals surface area (Å²) in [6.07, 6.45) is 9.51. The van der Waals surface area contributed by atoms with E-state index in [2.05, 4.69) is 52.0 Å². The monoisotopic (exact) mass is 660 g/mol. The van der Waals surface area contributed by atoms with Gasteiger partial charge in [0.05, 0.1) is 33.0 Å². The van der Waals surface area contributed by atoms with Crippen LogP contribution in [0.3, 0.4) is 0 Å². The zero-order valence-corrected chi connectivity index (χ0v) is 29.6. The fourth-order valence-electron chi connectivity index (χ4n) is 6.57. The third kappa shape index (κ3) is 8.35. The highest BCUT2D eigenvalue weighted by Crippen LogP contribution is 2.61. The fourth-order valence-corrected chi connectivity index (χ4v) is 6.95. The first-order valence-corrected chi connectivity index (χ1v) is 18.2. The molecule has 3 aromatic rings. The first-order chi connectivity index (χ1) is 23.0. The molecule has 0 spiro atoms. The van der Waals surface area contributed by atoms with Crippen molar-refractivity contribution in [3.63, 3.8) is 0 Å². The van der Waals surface area contributed by atoms with Crippen LogP contribution in [0.5, 0.6) is 34.5 Å². The zero-order valence-electron chi connectivity index (χ0n) is 28.7. The lowest BCUT2D eigenvalue weighted by Gasteiger charge is -2.41. The summed E-state index contributed by atoms with van der Waals surface area (Å²) in [6, 6.07) is 18.4. The van der Waals surface area contributed by atoms with Crippen LogP contribution < -0.4 is 28.4 Å². The minimum absolute atomic E-state index is 0.00462. The van der Waals surface area contributed by atoms with Gasteiger partial charge in [0.2, 0.25) is 5.75 Å². The Labute approximate surface area is 287 Å². The molecule has 0 amide bonds. The molecule has 1 aliphatic carbocycles. The third-order valence-corrected chi connectivity index (χ3v) is 9.30. The number of hydrogen-bond donors (Lipinski definition) is 0. The van der Waals surface area contributed by atoms with Gasteiger partial charge in [-0.05, 0) is 85.8 Å². The van der Waals surface area contributed by atoms with Gasteiger partial charge in [-0.3, -0.25) is 0 Å². The number of unbranched alkanes of at least 4 members (excludes halogenated alkanes) is 4. The first kappa shape index (κ1) is 34.9. The smallest absolute Gasteiger partial charge is 0.203 e. The normalized spacial score (nSPS) is 17.6.